The molecule has 0 aliphatic rings. The lowest BCUT2D eigenvalue weighted by molar-refractivity contribution is -0.115. The number of benzene rings is 2. The number of thiophene rings is 1. The number of aryl methyl sites for hydroxylation is 1. The van der Waals surface area contributed by atoms with E-state index in [-0.39, 0.29) is 23.7 Å². The number of rotatable bonds is 7. The predicted molar refractivity (Wildman–Crippen MR) is 150 cm³/mol. The van der Waals surface area contributed by atoms with Gasteiger partial charge in [-0.05, 0) is 42.6 Å². The van der Waals surface area contributed by atoms with E-state index in [4.69, 9.17) is 5.73 Å². The van der Waals surface area contributed by atoms with Crippen molar-refractivity contribution < 1.29 is 4.79 Å². The fourth-order valence-electron chi connectivity index (χ4n) is 4.51. The summed E-state index contributed by atoms with van der Waals surface area (Å²) in [6.45, 7) is 2.98. The zero-order valence-electron chi connectivity index (χ0n) is 20.0. The maximum absolute atomic E-state index is 12.8. The summed E-state index contributed by atoms with van der Waals surface area (Å²) in [5.41, 5.74) is 10.1. The number of nitrogens with two attached hydrogens (primary N) is 1. The Balaban J connectivity index is 1.33. The number of amides is 1. The van der Waals surface area contributed by atoms with Crippen molar-refractivity contribution in [2.24, 2.45) is 0 Å². The number of fused-ring (bicyclic) bond motifs is 3. The Hall–Kier alpha value is -4.31. The second kappa shape index (κ2) is 10.4. The first-order chi connectivity index (χ1) is 18.0. The standard InChI is InChI=1S/C28H22N6OS2/c1-2-34-22-7-4-3-6-18(22)19-14-17(9-10-23(19)34)32-25(35)11-13-37-28-21(16-30)26(24-8-5-12-36-24)20(15-29)27(31)33-28/h3-10,12,14H,2,11,13H2,1H3,(H2,31,33)(H,32,35). The minimum absolute atomic E-state index is 0.0800. The molecule has 3 N–H and O–H groups in total. The lowest BCUT2D eigenvalue weighted by Crippen LogP contribution is -2.12. The predicted octanol–water partition coefficient (Wildman–Crippen LogP) is 6.38. The van der Waals surface area contributed by atoms with E-state index in [9.17, 15) is 15.3 Å². The number of para-hydroxylation sites is 1. The number of nitrogens with one attached hydrogen (secondary N) is 1. The highest BCUT2D eigenvalue weighted by atomic mass is 32.2. The minimum atomic E-state index is -0.135. The lowest BCUT2D eigenvalue weighted by Gasteiger charge is -2.11. The number of carbonyl (C=O) groups excluding carboxylic acids is 1. The molecule has 2 aromatic carbocycles. The molecule has 0 fully saturated rings. The van der Waals surface area contributed by atoms with Crippen LogP contribution in [0.5, 0.6) is 0 Å². The third-order valence-electron chi connectivity index (χ3n) is 6.12. The Morgan fingerprint density at radius 1 is 1.08 bits per heavy atom. The second-order valence-electron chi connectivity index (χ2n) is 8.27. The van der Waals surface area contributed by atoms with Crippen molar-refractivity contribution >= 4 is 62.3 Å². The number of carbonyl (C=O) groups is 1. The van der Waals surface area contributed by atoms with Gasteiger partial charge in [0.2, 0.25) is 5.91 Å². The number of nitriles is 2. The first kappa shape index (κ1) is 24.4. The van der Waals surface area contributed by atoms with Crippen LogP contribution in [0.15, 0.2) is 65.0 Å². The van der Waals surface area contributed by atoms with Gasteiger partial charge in [-0.2, -0.15) is 10.5 Å². The molecule has 0 unspecified atom stereocenters. The number of aromatic nitrogens is 2. The Morgan fingerprint density at radius 3 is 2.59 bits per heavy atom. The van der Waals surface area contributed by atoms with Gasteiger partial charge in [0.25, 0.3) is 0 Å². The van der Waals surface area contributed by atoms with Crippen molar-refractivity contribution in [3.05, 3.63) is 71.1 Å². The SMILES string of the molecule is CCn1c2ccccc2c2cc(NC(=O)CCSc3nc(N)c(C#N)c(-c4cccs4)c3C#N)ccc21. The van der Waals surface area contributed by atoms with Gasteiger partial charge in [0.05, 0.1) is 5.56 Å². The molecule has 0 aliphatic carbocycles. The molecule has 0 saturated carbocycles. The van der Waals surface area contributed by atoms with E-state index < -0.39 is 0 Å². The van der Waals surface area contributed by atoms with Crippen LogP contribution in [-0.2, 0) is 11.3 Å². The largest absolute Gasteiger partial charge is 0.383 e. The number of nitrogen functional groups attached to an aromatic ring is 1. The molecular formula is C28H22N6OS2. The molecule has 7 nitrogen and oxygen atoms in total. The van der Waals surface area contributed by atoms with E-state index in [1.807, 2.05) is 47.8 Å². The summed E-state index contributed by atoms with van der Waals surface area (Å²) in [5, 5.41) is 27.0. The van der Waals surface area contributed by atoms with E-state index in [2.05, 4.69) is 46.1 Å². The van der Waals surface area contributed by atoms with Crippen LogP contribution in [0.4, 0.5) is 11.5 Å². The van der Waals surface area contributed by atoms with Crippen LogP contribution < -0.4 is 11.1 Å². The molecule has 0 radical (unpaired) electrons. The van der Waals surface area contributed by atoms with Gasteiger partial charge in [-0.25, -0.2) is 4.98 Å². The van der Waals surface area contributed by atoms with Crippen LogP contribution in [0.2, 0.25) is 0 Å². The van der Waals surface area contributed by atoms with Crippen LogP contribution in [-0.4, -0.2) is 21.2 Å². The van der Waals surface area contributed by atoms with Gasteiger partial charge in [0.1, 0.15) is 28.5 Å². The van der Waals surface area contributed by atoms with Gasteiger partial charge >= 0.3 is 0 Å². The van der Waals surface area contributed by atoms with Crippen LogP contribution in [0, 0.1) is 22.7 Å². The summed E-state index contributed by atoms with van der Waals surface area (Å²) in [6, 6.07) is 22.2. The van der Waals surface area contributed by atoms with Gasteiger partial charge in [0, 0.05) is 56.7 Å². The Labute approximate surface area is 222 Å². The highest BCUT2D eigenvalue weighted by molar-refractivity contribution is 7.99. The van der Waals surface area contributed by atoms with E-state index in [0.717, 1.165) is 33.4 Å². The molecular weight excluding hydrogens is 500 g/mol. The Bertz CT molecular complexity index is 1720. The van der Waals surface area contributed by atoms with Gasteiger partial charge in [0.15, 0.2) is 0 Å². The van der Waals surface area contributed by atoms with Crippen molar-refractivity contribution in [3.63, 3.8) is 0 Å². The van der Waals surface area contributed by atoms with E-state index >= 15 is 0 Å². The normalized spacial score (nSPS) is 10.9. The minimum Gasteiger partial charge on any atom is -0.383 e. The molecule has 1 amide bonds. The van der Waals surface area contributed by atoms with Gasteiger partial charge in [-0.3, -0.25) is 4.79 Å². The molecule has 0 aliphatic heterocycles. The molecule has 0 atom stereocenters. The molecule has 3 heterocycles. The van der Waals surface area contributed by atoms with E-state index in [0.29, 0.717) is 21.9 Å². The first-order valence-corrected chi connectivity index (χ1v) is 13.5. The zero-order valence-corrected chi connectivity index (χ0v) is 21.6. The number of anilines is 2. The van der Waals surface area contributed by atoms with Crippen molar-refractivity contribution in [2.75, 3.05) is 16.8 Å². The molecule has 182 valence electrons. The summed E-state index contributed by atoms with van der Waals surface area (Å²) >= 11 is 2.71. The van der Waals surface area contributed by atoms with Crippen LogP contribution in [0.25, 0.3) is 32.2 Å². The quantitative estimate of drug-likeness (QED) is 0.239. The van der Waals surface area contributed by atoms with Crippen LogP contribution in [0.1, 0.15) is 24.5 Å². The number of hydrogen-bond acceptors (Lipinski definition) is 7. The maximum Gasteiger partial charge on any atom is 0.225 e. The zero-order chi connectivity index (χ0) is 25.9. The molecule has 0 bridgehead atoms. The lowest BCUT2D eigenvalue weighted by atomic mass is 10.0. The number of thioether (sulfide) groups is 1. The fourth-order valence-corrected chi connectivity index (χ4v) is 6.22. The van der Waals surface area contributed by atoms with Crippen LogP contribution in [0.3, 0.4) is 0 Å². The molecule has 5 rings (SSSR count). The summed E-state index contributed by atoms with van der Waals surface area (Å²) < 4.78 is 2.26. The van der Waals surface area contributed by atoms with Crippen molar-refractivity contribution in [3.8, 4) is 22.6 Å². The summed E-state index contributed by atoms with van der Waals surface area (Å²) in [4.78, 5) is 17.8. The molecule has 37 heavy (non-hydrogen) atoms. The van der Waals surface area contributed by atoms with Crippen molar-refractivity contribution in [1.29, 1.82) is 10.5 Å². The highest BCUT2D eigenvalue weighted by Crippen LogP contribution is 2.38. The number of pyridine rings is 1. The smallest absolute Gasteiger partial charge is 0.225 e. The summed E-state index contributed by atoms with van der Waals surface area (Å²) in [5.74, 6) is 0.348. The number of hydrogen-bond donors (Lipinski definition) is 2. The van der Waals surface area contributed by atoms with Crippen molar-refractivity contribution in [2.45, 2.75) is 24.9 Å². The molecule has 3 aromatic heterocycles. The average Bonchev–Trinajstić information content (AvgIpc) is 3.54. The maximum atomic E-state index is 12.8. The summed E-state index contributed by atoms with van der Waals surface area (Å²) in [6.07, 6.45) is 0.222. The fraction of sp³-hybridized carbons (Fsp3) is 0.143. The topological polar surface area (TPSA) is 121 Å². The summed E-state index contributed by atoms with van der Waals surface area (Å²) in [7, 11) is 0. The highest BCUT2D eigenvalue weighted by Gasteiger charge is 2.21. The van der Waals surface area contributed by atoms with E-state index in [1.165, 1.54) is 28.6 Å². The van der Waals surface area contributed by atoms with Gasteiger partial charge in [-0.15, -0.1) is 23.1 Å². The Kier molecular flexibility index (Phi) is 6.82. The van der Waals surface area contributed by atoms with Crippen LogP contribution >= 0.6 is 23.1 Å². The third kappa shape index (κ3) is 4.51. The average molecular weight is 523 g/mol. The third-order valence-corrected chi connectivity index (χ3v) is 7.99. The monoisotopic (exact) mass is 522 g/mol. The van der Waals surface area contributed by atoms with Crippen molar-refractivity contribution in [1.82, 2.24) is 9.55 Å². The molecule has 0 spiro atoms. The number of nitrogens with zero attached hydrogens (tertiary/aromatic N) is 4. The molecule has 9 heteroatoms. The van der Waals surface area contributed by atoms with Gasteiger partial charge in [-0.1, -0.05) is 24.3 Å². The second-order valence-corrected chi connectivity index (χ2v) is 10.3. The molecule has 0 saturated heterocycles. The first-order valence-electron chi connectivity index (χ1n) is 11.7. The van der Waals surface area contributed by atoms with Gasteiger partial charge < -0.3 is 15.6 Å². The van der Waals surface area contributed by atoms with E-state index in [1.54, 1.807) is 0 Å². The Morgan fingerprint density at radius 2 is 1.86 bits per heavy atom. The molecule has 5 aromatic rings.